The summed E-state index contributed by atoms with van der Waals surface area (Å²) in [4.78, 5) is 4.76. The fraction of sp³-hybridized carbons (Fsp3) is 0.0714. The molecule has 2 heterocycles. The number of aromatic nitrogens is 2. The summed E-state index contributed by atoms with van der Waals surface area (Å²) in [5.41, 5.74) is 5.99. The molecule has 88 valence electrons. The first-order chi connectivity index (χ1) is 8.74. The van der Waals surface area contributed by atoms with Gasteiger partial charge in [0.05, 0.1) is 15.9 Å². The van der Waals surface area contributed by atoms with E-state index >= 15 is 0 Å². The number of hydrogen-bond donors (Lipinski definition) is 0. The van der Waals surface area contributed by atoms with E-state index in [2.05, 4.69) is 60.7 Å². The second-order valence-electron chi connectivity index (χ2n) is 4.44. The predicted octanol–water partition coefficient (Wildman–Crippen LogP) is 4.43. The summed E-state index contributed by atoms with van der Waals surface area (Å²) in [5.74, 6) is 0. The number of imidazole rings is 1. The van der Waals surface area contributed by atoms with E-state index in [4.69, 9.17) is 4.98 Å². The molecule has 18 heavy (non-hydrogen) atoms. The summed E-state index contributed by atoms with van der Waals surface area (Å²) in [5, 5.41) is 0. The van der Waals surface area contributed by atoms with E-state index < -0.39 is 0 Å². The highest BCUT2D eigenvalue weighted by molar-refractivity contribution is 9.10. The molecule has 0 radical (unpaired) electrons. The lowest BCUT2D eigenvalue weighted by Gasteiger charge is -2.01. The lowest BCUT2D eigenvalue weighted by Crippen LogP contribution is -1.91. The van der Waals surface area contributed by atoms with Crippen molar-refractivity contribution < 1.29 is 0 Å². The zero-order valence-corrected chi connectivity index (χ0v) is 12.5. The van der Waals surface area contributed by atoms with Gasteiger partial charge in [0, 0.05) is 22.7 Å². The van der Waals surface area contributed by atoms with Gasteiger partial charge in [-0.3, -0.25) is 0 Å². The molecule has 1 aliphatic carbocycles. The maximum absolute atomic E-state index is 4.76. The van der Waals surface area contributed by atoms with Crippen LogP contribution in [0.25, 0.3) is 16.9 Å². The SMILES string of the molecule is Brc1ccc2c(c1)Cc1c-2nc2c(Br)cccn12. The molecule has 1 aromatic carbocycles. The van der Waals surface area contributed by atoms with E-state index in [1.54, 1.807) is 0 Å². The van der Waals surface area contributed by atoms with Gasteiger partial charge in [0.2, 0.25) is 0 Å². The minimum Gasteiger partial charge on any atom is -0.302 e. The van der Waals surface area contributed by atoms with Gasteiger partial charge in [-0.1, -0.05) is 22.0 Å². The van der Waals surface area contributed by atoms with Crippen LogP contribution in [-0.4, -0.2) is 9.38 Å². The van der Waals surface area contributed by atoms with Crippen molar-refractivity contribution in [1.29, 1.82) is 0 Å². The molecule has 0 saturated carbocycles. The van der Waals surface area contributed by atoms with Crippen molar-refractivity contribution in [3.63, 3.8) is 0 Å². The van der Waals surface area contributed by atoms with Gasteiger partial charge in [-0.2, -0.15) is 0 Å². The lowest BCUT2D eigenvalue weighted by atomic mass is 10.1. The first kappa shape index (κ1) is 10.8. The zero-order chi connectivity index (χ0) is 12.3. The number of nitrogens with zero attached hydrogens (tertiary/aromatic N) is 2. The molecule has 0 fully saturated rings. The van der Waals surface area contributed by atoms with Gasteiger partial charge in [-0.25, -0.2) is 4.98 Å². The van der Waals surface area contributed by atoms with Gasteiger partial charge in [-0.05, 0) is 45.8 Å². The van der Waals surface area contributed by atoms with Gasteiger partial charge in [0.1, 0.15) is 0 Å². The summed E-state index contributed by atoms with van der Waals surface area (Å²) in [7, 11) is 0. The molecule has 0 aliphatic heterocycles. The van der Waals surface area contributed by atoms with Crippen LogP contribution in [0, 0.1) is 0 Å². The van der Waals surface area contributed by atoms with Crippen molar-refractivity contribution >= 4 is 37.5 Å². The highest BCUT2D eigenvalue weighted by atomic mass is 79.9. The minimum atomic E-state index is 0.946. The molecule has 3 aromatic rings. The lowest BCUT2D eigenvalue weighted by molar-refractivity contribution is 1.05. The van der Waals surface area contributed by atoms with Crippen LogP contribution in [0.2, 0.25) is 0 Å². The summed E-state index contributed by atoms with van der Waals surface area (Å²) >= 11 is 7.08. The normalized spacial score (nSPS) is 12.8. The Hall–Kier alpha value is -1.13. The van der Waals surface area contributed by atoms with Crippen LogP contribution >= 0.6 is 31.9 Å². The Morgan fingerprint density at radius 1 is 1.17 bits per heavy atom. The molecule has 0 bridgehead atoms. The van der Waals surface area contributed by atoms with Crippen molar-refractivity contribution in [3.8, 4) is 11.3 Å². The van der Waals surface area contributed by atoms with Crippen molar-refractivity contribution in [3.05, 3.63) is 56.7 Å². The maximum atomic E-state index is 4.76. The molecule has 0 atom stereocenters. The van der Waals surface area contributed by atoms with Gasteiger partial charge in [0.15, 0.2) is 5.65 Å². The zero-order valence-electron chi connectivity index (χ0n) is 9.32. The standard InChI is InChI=1S/C14H8Br2N2/c15-9-3-4-10-8(6-9)7-12-13(10)17-14-11(16)2-1-5-18(12)14/h1-6H,7H2. The van der Waals surface area contributed by atoms with E-state index in [1.165, 1.54) is 16.8 Å². The van der Waals surface area contributed by atoms with Crippen molar-refractivity contribution in [2.45, 2.75) is 6.42 Å². The number of hydrogen-bond acceptors (Lipinski definition) is 1. The Kier molecular flexibility index (Phi) is 2.20. The van der Waals surface area contributed by atoms with Gasteiger partial charge in [-0.15, -0.1) is 0 Å². The molecule has 0 saturated heterocycles. The molecular weight excluding hydrogens is 356 g/mol. The Morgan fingerprint density at radius 2 is 2.06 bits per heavy atom. The summed E-state index contributed by atoms with van der Waals surface area (Å²) in [6, 6.07) is 10.5. The van der Waals surface area contributed by atoms with Crippen LogP contribution in [-0.2, 0) is 6.42 Å². The average Bonchev–Trinajstić information content (AvgIpc) is 2.86. The second-order valence-corrected chi connectivity index (χ2v) is 6.21. The highest BCUT2D eigenvalue weighted by Crippen LogP contribution is 2.38. The van der Waals surface area contributed by atoms with E-state index in [0.29, 0.717) is 0 Å². The molecule has 0 spiro atoms. The fourth-order valence-electron chi connectivity index (χ4n) is 2.59. The van der Waals surface area contributed by atoms with Crippen molar-refractivity contribution in [2.75, 3.05) is 0 Å². The van der Waals surface area contributed by atoms with E-state index in [-0.39, 0.29) is 0 Å². The summed E-state index contributed by atoms with van der Waals surface area (Å²) in [6.07, 6.45) is 3.02. The van der Waals surface area contributed by atoms with Crippen LogP contribution in [0.3, 0.4) is 0 Å². The quantitative estimate of drug-likeness (QED) is 0.451. The third-order valence-corrected chi connectivity index (χ3v) is 4.49. The fourth-order valence-corrected chi connectivity index (χ4v) is 3.43. The molecule has 0 amide bonds. The van der Waals surface area contributed by atoms with Crippen LogP contribution < -0.4 is 0 Å². The van der Waals surface area contributed by atoms with Gasteiger partial charge < -0.3 is 4.40 Å². The number of benzene rings is 1. The minimum absolute atomic E-state index is 0.946. The first-order valence-electron chi connectivity index (χ1n) is 5.68. The monoisotopic (exact) mass is 362 g/mol. The predicted molar refractivity (Wildman–Crippen MR) is 78.8 cm³/mol. The molecule has 2 nitrogen and oxygen atoms in total. The highest BCUT2D eigenvalue weighted by Gasteiger charge is 2.24. The summed E-state index contributed by atoms with van der Waals surface area (Å²) < 4.78 is 4.34. The molecule has 1 aliphatic rings. The number of pyridine rings is 1. The Labute approximate surface area is 121 Å². The van der Waals surface area contributed by atoms with E-state index in [1.807, 2.05) is 12.1 Å². The Morgan fingerprint density at radius 3 is 2.94 bits per heavy atom. The van der Waals surface area contributed by atoms with E-state index in [9.17, 15) is 0 Å². The first-order valence-corrected chi connectivity index (χ1v) is 7.27. The molecule has 0 N–H and O–H groups in total. The smallest absolute Gasteiger partial charge is 0.152 e. The summed E-state index contributed by atoms with van der Waals surface area (Å²) in [6.45, 7) is 0. The van der Waals surface area contributed by atoms with Crippen LogP contribution in [0.5, 0.6) is 0 Å². The molecule has 4 rings (SSSR count). The number of halogens is 2. The molecule has 0 unspecified atom stereocenters. The van der Waals surface area contributed by atoms with Gasteiger partial charge >= 0.3 is 0 Å². The maximum Gasteiger partial charge on any atom is 0.152 e. The van der Waals surface area contributed by atoms with Gasteiger partial charge in [0.25, 0.3) is 0 Å². The molecule has 2 aromatic heterocycles. The third-order valence-electron chi connectivity index (χ3n) is 3.38. The molecule has 4 heteroatoms. The van der Waals surface area contributed by atoms with Crippen LogP contribution in [0.4, 0.5) is 0 Å². The number of fused-ring (bicyclic) bond motifs is 5. The second kappa shape index (κ2) is 3.68. The Bertz CT molecular complexity index is 790. The largest absolute Gasteiger partial charge is 0.302 e. The van der Waals surface area contributed by atoms with Crippen molar-refractivity contribution in [2.24, 2.45) is 0 Å². The average molecular weight is 364 g/mol. The van der Waals surface area contributed by atoms with Crippen LogP contribution in [0.1, 0.15) is 11.3 Å². The third kappa shape index (κ3) is 1.36. The Balaban J connectivity index is 2.07. The van der Waals surface area contributed by atoms with Crippen LogP contribution in [0.15, 0.2) is 45.5 Å². The molecular formula is C14H8Br2N2. The topological polar surface area (TPSA) is 17.3 Å². The number of rotatable bonds is 0. The van der Waals surface area contributed by atoms with E-state index in [0.717, 1.165) is 26.7 Å². The van der Waals surface area contributed by atoms with Crippen molar-refractivity contribution in [1.82, 2.24) is 9.38 Å².